The summed E-state index contributed by atoms with van der Waals surface area (Å²) >= 11 is 0. The van der Waals surface area contributed by atoms with Gasteiger partial charge in [0, 0.05) is 24.8 Å². The molecule has 4 aliphatic carbocycles. The van der Waals surface area contributed by atoms with Crippen molar-refractivity contribution in [1.29, 1.82) is 0 Å². The minimum Gasteiger partial charge on any atom is -0.508 e. The summed E-state index contributed by atoms with van der Waals surface area (Å²) in [6.07, 6.45) is 10.8. The van der Waals surface area contributed by atoms with E-state index in [9.17, 15) is 19.5 Å². The Morgan fingerprint density at radius 3 is 2.57 bits per heavy atom. The Morgan fingerprint density at radius 1 is 1.00 bits per heavy atom. The Kier molecular flexibility index (Phi) is 7.21. The number of amides is 1. The average molecular weight is 508 g/mol. The van der Waals surface area contributed by atoms with Gasteiger partial charge in [0.05, 0.1) is 6.42 Å². The Morgan fingerprint density at radius 2 is 1.78 bits per heavy atom. The quantitative estimate of drug-likeness (QED) is 0.490. The molecular weight excluding hydrogens is 466 g/mol. The number of hydrogen-bond acceptors (Lipinski definition) is 5. The second-order valence-electron chi connectivity index (χ2n) is 12.3. The van der Waals surface area contributed by atoms with Crippen molar-refractivity contribution in [3.05, 3.63) is 41.5 Å². The van der Waals surface area contributed by atoms with Crippen molar-refractivity contribution in [2.75, 3.05) is 6.54 Å². The summed E-state index contributed by atoms with van der Waals surface area (Å²) < 4.78 is 6.05. The highest BCUT2D eigenvalue weighted by Gasteiger charge is 2.59. The largest absolute Gasteiger partial charge is 0.508 e. The van der Waals surface area contributed by atoms with Gasteiger partial charge >= 0.3 is 5.97 Å². The van der Waals surface area contributed by atoms with Gasteiger partial charge in [0.1, 0.15) is 11.9 Å². The Balaban J connectivity index is 1.11. The van der Waals surface area contributed by atoms with Crippen LogP contribution in [0.2, 0.25) is 0 Å². The van der Waals surface area contributed by atoms with Gasteiger partial charge in [-0.3, -0.25) is 14.4 Å². The molecule has 4 aliphatic rings. The highest BCUT2D eigenvalue weighted by atomic mass is 16.5. The van der Waals surface area contributed by atoms with E-state index in [2.05, 4.69) is 19.2 Å². The number of esters is 1. The molecule has 1 aromatic carbocycles. The Bertz CT molecular complexity index is 1080. The smallest absolute Gasteiger partial charge is 0.306 e. The predicted octanol–water partition coefficient (Wildman–Crippen LogP) is 5.27. The number of nitrogens with one attached hydrogen (secondary N) is 1. The highest BCUT2D eigenvalue weighted by Crippen LogP contribution is 2.65. The fourth-order valence-corrected chi connectivity index (χ4v) is 8.24. The van der Waals surface area contributed by atoms with Gasteiger partial charge in [-0.1, -0.05) is 31.6 Å². The summed E-state index contributed by atoms with van der Waals surface area (Å²) in [5.41, 5.74) is 2.58. The molecule has 3 fully saturated rings. The first kappa shape index (κ1) is 26.0. The number of rotatable bonds is 7. The van der Waals surface area contributed by atoms with Crippen molar-refractivity contribution in [2.45, 2.75) is 90.6 Å². The lowest BCUT2D eigenvalue weighted by molar-refractivity contribution is -0.160. The van der Waals surface area contributed by atoms with Gasteiger partial charge in [-0.15, -0.1) is 0 Å². The molecule has 0 aliphatic heterocycles. The van der Waals surface area contributed by atoms with E-state index in [0.717, 1.165) is 50.5 Å². The number of phenolic OH excluding ortho intramolecular Hbond substituents is 1. The van der Waals surface area contributed by atoms with Crippen molar-refractivity contribution in [1.82, 2.24) is 5.32 Å². The maximum atomic E-state index is 12.7. The van der Waals surface area contributed by atoms with Crippen LogP contribution in [-0.2, 0) is 25.5 Å². The summed E-state index contributed by atoms with van der Waals surface area (Å²) in [4.78, 5) is 37.1. The molecule has 6 nitrogen and oxygen atoms in total. The molecule has 6 heteroatoms. The third kappa shape index (κ3) is 5.08. The van der Waals surface area contributed by atoms with Crippen LogP contribution in [0.1, 0.15) is 83.6 Å². The molecule has 0 radical (unpaired) electrons. The zero-order valence-corrected chi connectivity index (χ0v) is 22.3. The van der Waals surface area contributed by atoms with Crippen LogP contribution < -0.4 is 5.32 Å². The van der Waals surface area contributed by atoms with Crippen LogP contribution in [-0.4, -0.2) is 35.4 Å². The number of carbonyl (C=O) groups is 3. The van der Waals surface area contributed by atoms with E-state index in [-0.39, 0.29) is 47.4 Å². The van der Waals surface area contributed by atoms with Crippen LogP contribution in [0.15, 0.2) is 35.9 Å². The Hall–Kier alpha value is -2.63. The molecule has 0 bridgehead atoms. The second kappa shape index (κ2) is 10.3. The number of benzene rings is 1. The van der Waals surface area contributed by atoms with Crippen LogP contribution in [0, 0.1) is 28.6 Å². The monoisotopic (exact) mass is 507 g/mol. The van der Waals surface area contributed by atoms with E-state index < -0.39 is 0 Å². The van der Waals surface area contributed by atoms with Crippen LogP contribution in [0.3, 0.4) is 0 Å². The third-order valence-corrected chi connectivity index (χ3v) is 10.4. The van der Waals surface area contributed by atoms with Crippen molar-refractivity contribution in [3.63, 3.8) is 0 Å². The zero-order chi connectivity index (χ0) is 26.2. The van der Waals surface area contributed by atoms with Crippen molar-refractivity contribution >= 4 is 17.7 Å². The molecule has 3 saturated carbocycles. The average Bonchev–Trinajstić information content (AvgIpc) is 3.20. The van der Waals surface area contributed by atoms with Crippen LogP contribution in [0.5, 0.6) is 5.75 Å². The number of ketones is 1. The predicted molar refractivity (Wildman–Crippen MR) is 141 cm³/mol. The number of carbonyl (C=O) groups excluding carboxylic acids is 3. The maximum Gasteiger partial charge on any atom is 0.306 e. The summed E-state index contributed by atoms with van der Waals surface area (Å²) in [5, 5.41) is 12.2. The maximum absolute atomic E-state index is 12.7. The number of fused-ring (bicyclic) bond motifs is 5. The lowest BCUT2D eigenvalue weighted by Gasteiger charge is -2.57. The standard InChI is InChI=1S/C31H41NO5/c1-30-16-13-23(34)19-21(30)5-8-24-25-9-10-27(31(25,2)17-14-26(24)30)37-29(36)12-11-28(35)32-18-15-20-3-6-22(33)7-4-20/h3-4,6-7,19,24-27,33H,5,8-18H2,1-2H3,(H,32,35)/t24?,25?,26?,27?,30-,31-/m0/s1. The summed E-state index contributed by atoms with van der Waals surface area (Å²) in [7, 11) is 0. The minimum absolute atomic E-state index is 0.00523. The summed E-state index contributed by atoms with van der Waals surface area (Å²) in [6, 6.07) is 6.94. The number of aromatic hydroxyl groups is 1. The van der Waals surface area contributed by atoms with Gasteiger partial charge in [0.25, 0.3) is 0 Å². The van der Waals surface area contributed by atoms with E-state index >= 15 is 0 Å². The van der Waals surface area contributed by atoms with E-state index in [0.29, 0.717) is 42.9 Å². The van der Waals surface area contributed by atoms with E-state index in [1.165, 1.54) is 5.57 Å². The van der Waals surface area contributed by atoms with E-state index in [1.807, 2.05) is 18.2 Å². The SMILES string of the molecule is C[C@]12CCC3C(CCC4=CC(=O)CC[C@@]43C)C1CCC2OC(=O)CCC(=O)NCCc1ccc(O)cc1. The summed E-state index contributed by atoms with van der Waals surface area (Å²) in [6.45, 7) is 5.22. The summed E-state index contributed by atoms with van der Waals surface area (Å²) in [5.74, 6) is 1.93. The highest BCUT2D eigenvalue weighted by molar-refractivity contribution is 5.91. The molecular formula is C31H41NO5. The molecule has 6 atom stereocenters. The van der Waals surface area contributed by atoms with Crippen molar-refractivity contribution < 1.29 is 24.2 Å². The minimum atomic E-state index is -0.269. The molecule has 0 heterocycles. The van der Waals surface area contributed by atoms with Gasteiger partial charge in [0.2, 0.25) is 5.91 Å². The van der Waals surface area contributed by atoms with Gasteiger partial charge in [0.15, 0.2) is 5.78 Å². The van der Waals surface area contributed by atoms with E-state index in [4.69, 9.17) is 4.74 Å². The fraction of sp³-hybridized carbons (Fsp3) is 0.645. The van der Waals surface area contributed by atoms with Crippen LogP contribution in [0.25, 0.3) is 0 Å². The van der Waals surface area contributed by atoms with Gasteiger partial charge < -0.3 is 15.2 Å². The lowest BCUT2D eigenvalue weighted by atomic mass is 9.47. The third-order valence-electron chi connectivity index (χ3n) is 10.4. The normalized spacial score (nSPS) is 34.5. The van der Waals surface area contributed by atoms with Crippen LogP contribution >= 0.6 is 0 Å². The second-order valence-corrected chi connectivity index (χ2v) is 12.3. The van der Waals surface area contributed by atoms with Crippen LogP contribution in [0.4, 0.5) is 0 Å². The van der Waals surface area contributed by atoms with Gasteiger partial charge in [-0.25, -0.2) is 0 Å². The molecule has 37 heavy (non-hydrogen) atoms. The molecule has 0 saturated heterocycles. The van der Waals surface area contributed by atoms with E-state index in [1.54, 1.807) is 12.1 Å². The zero-order valence-electron chi connectivity index (χ0n) is 22.3. The topological polar surface area (TPSA) is 92.7 Å². The fourth-order valence-electron chi connectivity index (χ4n) is 8.24. The molecule has 0 spiro atoms. The molecule has 200 valence electrons. The lowest BCUT2D eigenvalue weighted by Crippen LogP contribution is -2.51. The number of hydrogen-bond donors (Lipinski definition) is 2. The molecule has 0 aromatic heterocycles. The Labute approximate surface area is 220 Å². The first-order valence-corrected chi connectivity index (χ1v) is 14.2. The first-order valence-electron chi connectivity index (χ1n) is 14.2. The molecule has 4 unspecified atom stereocenters. The molecule has 2 N–H and O–H groups in total. The number of allylic oxidation sites excluding steroid dienone is 1. The number of phenols is 1. The number of ether oxygens (including phenoxy) is 1. The molecule has 1 amide bonds. The van der Waals surface area contributed by atoms with Crippen molar-refractivity contribution in [2.24, 2.45) is 28.6 Å². The van der Waals surface area contributed by atoms with Gasteiger partial charge in [-0.05, 0) is 98.3 Å². The first-order chi connectivity index (χ1) is 17.7. The van der Waals surface area contributed by atoms with Crippen molar-refractivity contribution in [3.8, 4) is 5.75 Å². The molecule has 5 rings (SSSR count). The molecule has 1 aromatic rings. The van der Waals surface area contributed by atoms with Gasteiger partial charge in [-0.2, -0.15) is 0 Å².